The van der Waals surface area contributed by atoms with E-state index in [4.69, 9.17) is 17.3 Å². The minimum Gasteiger partial charge on any atom is -0.397 e. The quantitative estimate of drug-likeness (QED) is 0.851. The smallest absolute Gasteiger partial charge is 0.0620 e. The number of anilines is 2. The first-order valence-electron chi connectivity index (χ1n) is 6.08. The van der Waals surface area contributed by atoms with Crippen LogP contribution in [0.2, 0.25) is 5.02 Å². The van der Waals surface area contributed by atoms with Crippen molar-refractivity contribution in [2.45, 2.75) is 25.4 Å². The molecule has 0 unspecified atom stereocenters. The summed E-state index contributed by atoms with van der Waals surface area (Å²) < 4.78 is 0. The molecule has 2 nitrogen and oxygen atoms in total. The van der Waals surface area contributed by atoms with Crippen LogP contribution in [0, 0.1) is 0 Å². The van der Waals surface area contributed by atoms with Crippen molar-refractivity contribution >= 4 is 34.3 Å². The molecule has 1 aliphatic carbocycles. The van der Waals surface area contributed by atoms with Crippen LogP contribution >= 0.6 is 22.9 Å². The van der Waals surface area contributed by atoms with Crippen molar-refractivity contribution in [3.05, 3.63) is 45.6 Å². The van der Waals surface area contributed by atoms with Gasteiger partial charge in [-0.2, -0.15) is 0 Å². The summed E-state index contributed by atoms with van der Waals surface area (Å²) in [6.07, 6.45) is 2.49. The van der Waals surface area contributed by atoms with E-state index in [9.17, 15) is 0 Å². The van der Waals surface area contributed by atoms with Gasteiger partial charge >= 0.3 is 0 Å². The molecular weight excluding hydrogens is 264 g/mol. The second kappa shape index (κ2) is 4.82. The third kappa shape index (κ3) is 2.47. The summed E-state index contributed by atoms with van der Waals surface area (Å²) in [6, 6.07) is 10.6. The largest absolute Gasteiger partial charge is 0.397 e. The molecule has 1 heterocycles. The Hall–Kier alpha value is -1.19. The van der Waals surface area contributed by atoms with Crippen molar-refractivity contribution < 1.29 is 0 Å². The molecule has 0 atom stereocenters. The molecular formula is C14H15ClN2S. The first kappa shape index (κ1) is 11.9. The second-order valence-corrected chi connectivity index (χ2v) is 6.11. The van der Waals surface area contributed by atoms with Gasteiger partial charge in [-0.15, -0.1) is 11.3 Å². The Balaban J connectivity index is 1.91. The average molecular weight is 279 g/mol. The van der Waals surface area contributed by atoms with Gasteiger partial charge in [0.1, 0.15) is 0 Å². The molecule has 1 saturated carbocycles. The Labute approximate surface area is 116 Å². The summed E-state index contributed by atoms with van der Waals surface area (Å²) in [5, 5.41) is 2.86. The Morgan fingerprint density at radius 2 is 2.17 bits per heavy atom. The van der Waals surface area contributed by atoms with Crippen molar-refractivity contribution in [1.82, 2.24) is 0 Å². The van der Waals surface area contributed by atoms with Gasteiger partial charge in [0.05, 0.1) is 17.9 Å². The van der Waals surface area contributed by atoms with Crippen LogP contribution in [0.5, 0.6) is 0 Å². The zero-order valence-corrected chi connectivity index (χ0v) is 11.5. The third-order valence-electron chi connectivity index (χ3n) is 3.20. The van der Waals surface area contributed by atoms with E-state index in [1.165, 1.54) is 17.7 Å². The van der Waals surface area contributed by atoms with Crippen molar-refractivity contribution in [2.24, 2.45) is 0 Å². The zero-order chi connectivity index (χ0) is 12.5. The van der Waals surface area contributed by atoms with Crippen LogP contribution in [-0.4, -0.2) is 6.04 Å². The molecule has 1 fully saturated rings. The Morgan fingerprint density at radius 1 is 1.33 bits per heavy atom. The highest BCUT2D eigenvalue weighted by Crippen LogP contribution is 2.37. The predicted octanol–water partition coefficient (Wildman–Crippen LogP) is 4.15. The molecule has 94 valence electrons. The lowest BCUT2D eigenvalue weighted by atomic mass is 10.2. The second-order valence-electron chi connectivity index (χ2n) is 4.64. The highest BCUT2D eigenvalue weighted by Gasteiger charge is 2.30. The maximum atomic E-state index is 6.09. The van der Waals surface area contributed by atoms with Crippen LogP contribution in [0.3, 0.4) is 0 Å². The van der Waals surface area contributed by atoms with Crippen molar-refractivity contribution in [2.75, 3.05) is 10.6 Å². The Bertz CT molecular complexity index is 535. The lowest BCUT2D eigenvalue weighted by molar-refractivity contribution is 0.805. The molecule has 1 aliphatic rings. The molecule has 2 N–H and O–H groups in total. The van der Waals surface area contributed by atoms with Crippen LogP contribution in [0.15, 0.2) is 35.7 Å². The lowest BCUT2D eigenvalue weighted by Crippen LogP contribution is -2.25. The lowest BCUT2D eigenvalue weighted by Gasteiger charge is -2.25. The SMILES string of the molecule is Nc1ccc(Cl)cc1N(Cc1cccs1)C1CC1. The van der Waals surface area contributed by atoms with Gasteiger partial charge in [0, 0.05) is 15.9 Å². The topological polar surface area (TPSA) is 29.3 Å². The van der Waals surface area contributed by atoms with Crippen LogP contribution in [0.25, 0.3) is 0 Å². The molecule has 0 bridgehead atoms. The van der Waals surface area contributed by atoms with Gasteiger partial charge in [-0.25, -0.2) is 0 Å². The maximum absolute atomic E-state index is 6.09. The van der Waals surface area contributed by atoms with Gasteiger partial charge in [0.25, 0.3) is 0 Å². The van der Waals surface area contributed by atoms with Gasteiger partial charge < -0.3 is 10.6 Å². The fraction of sp³-hybridized carbons (Fsp3) is 0.286. The standard InChI is InChI=1S/C14H15ClN2S/c15-10-3-6-13(16)14(8-10)17(11-4-5-11)9-12-2-1-7-18-12/h1-3,6-8,11H,4-5,9,16H2. The molecule has 18 heavy (non-hydrogen) atoms. The summed E-state index contributed by atoms with van der Waals surface area (Å²) in [5.74, 6) is 0. The van der Waals surface area contributed by atoms with Gasteiger partial charge in [-0.05, 0) is 42.5 Å². The molecule has 0 amide bonds. The van der Waals surface area contributed by atoms with Crippen LogP contribution in [0.4, 0.5) is 11.4 Å². The maximum Gasteiger partial charge on any atom is 0.0620 e. The highest BCUT2D eigenvalue weighted by molar-refractivity contribution is 7.09. The molecule has 0 spiro atoms. The van der Waals surface area contributed by atoms with Gasteiger partial charge in [0.15, 0.2) is 0 Å². The molecule has 2 aromatic rings. The Kier molecular flexibility index (Phi) is 3.18. The normalized spacial score (nSPS) is 14.7. The Morgan fingerprint density at radius 3 is 2.83 bits per heavy atom. The van der Waals surface area contributed by atoms with E-state index in [0.29, 0.717) is 6.04 Å². The van der Waals surface area contributed by atoms with E-state index in [1.807, 2.05) is 18.2 Å². The minimum atomic E-state index is 0.618. The van der Waals surface area contributed by atoms with Gasteiger partial charge in [-0.1, -0.05) is 17.7 Å². The summed E-state index contributed by atoms with van der Waals surface area (Å²) in [6.45, 7) is 0.923. The number of hydrogen-bond donors (Lipinski definition) is 1. The molecule has 1 aromatic heterocycles. The number of halogens is 1. The number of hydrogen-bond acceptors (Lipinski definition) is 3. The number of thiophene rings is 1. The number of nitrogen functional groups attached to an aromatic ring is 1. The summed E-state index contributed by atoms with van der Waals surface area (Å²) in [5.41, 5.74) is 7.96. The van der Waals surface area contributed by atoms with Crippen LogP contribution in [-0.2, 0) is 6.54 Å². The number of rotatable bonds is 4. The van der Waals surface area contributed by atoms with Gasteiger partial charge in [-0.3, -0.25) is 0 Å². The molecule has 0 radical (unpaired) electrons. The third-order valence-corrected chi connectivity index (χ3v) is 4.29. The van der Waals surface area contributed by atoms with E-state index in [2.05, 4.69) is 22.4 Å². The molecule has 4 heteroatoms. The van der Waals surface area contributed by atoms with Crippen LogP contribution < -0.4 is 10.6 Å². The van der Waals surface area contributed by atoms with E-state index < -0.39 is 0 Å². The summed E-state index contributed by atoms with van der Waals surface area (Å²) in [4.78, 5) is 3.74. The predicted molar refractivity (Wildman–Crippen MR) is 79.4 cm³/mol. The van der Waals surface area contributed by atoms with Crippen molar-refractivity contribution in [1.29, 1.82) is 0 Å². The first-order chi connectivity index (χ1) is 8.74. The van der Waals surface area contributed by atoms with E-state index in [1.54, 1.807) is 11.3 Å². The van der Waals surface area contributed by atoms with Crippen molar-refractivity contribution in [3.63, 3.8) is 0 Å². The van der Waals surface area contributed by atoms with E-state index in [0.717, 1.165) is 22.9 Å². The minimum absolute atomic E-state index is 0.618. The highest BCUT2D eigenvalue weighted by atomic mass is 35.5. The van der Waals surface area contributed by atoms with E-state index >= 15 is 0 Å². The molecule has 3 rings (SSSR count). The molecule has 0 aliphatic heterocycles. The summed E-state index contributed by atoms with van der Waals surface area (Å²) in [7, 11) is 0. The fourth-order valence-corrected chi connectivity index (χ4v) is 3.00. The average Bonchev–Trinajstić information content (AvgIpc) is 3.07. The van der Waals surface area contributed by atoms with E-state index in [-0.39, 0.29) is 0 Å². The van der Waals surface area contributed by atoms with Crippen LogP contribution in [0.1, 0.15) is 17.7 Å². The number of nitrogens with two attached hydrogens (primary N) is 1. The monoisotopic (exact) mass is 278 g/mol. The summed E-state index contributed by atoms with van der Waals surface area (Å²) >= 11 is 7.87. The number of nitrogens with zero attached hydrogens (tertiary/aromatic N) is 1. The fourth-order valence-electron chi connectivity index (χ4n) is 2.13. The van der Waals surface area contributed by atoms with Gasteiger partial charge in [0.2, 0.25) is 0 Å². The zero-order valence-electron chi connectivity index (χ0n) is 9.97. The molecule has 1 aromatic carbocycles. The van der Waals surface area contributed by atoms with Crippen molar-refractivity contribution in [3.8, 4) is 0 Å². The number of benzene rings is 1. The first-order valence-corrected chi connectivity index (χ1v) is 7.34. The molecule has 0 saturated heterocycles.